The molecule has 10 heavy (non-hydrogen) atoms. The molecule has 0 aromatic carbocycles. The Bertz CT molecular complexity index is 52.0. The first kappa shape index (κ1) is 10.7. The van der Waals surface area contributed by atoms with Crippen molar-refractivity contribution in [2.75, 3.05) is 11.0 Å². The summed E-state index contributed by atoms with van der Waals surface area (Å²) in [6.07, 6.45) is 4.19. The summed E-state index contributed by atoms with van der Waals surface area (Å²) >= 11 is 2.40. The molecule has 0 saturated carbocycles. The molecule has 0 amide bonds. The predicted molar refractivity (Wildman–Crippen MR) is 53.8 cm³/mol. The van der Waals surface area contributed by atoms with E-state index in [1.807, 2.05) is 0 Å². The highest BCUT2D eigenvalue weighted by atomic mass is 127. The zero-order valence-electron chi connectivity index (χ0n) is 6.90. The summed E-state index contributed by atoms with van der Waals surface area (Å²) in [5.41, 5.74) is 0. The highest BCUT2D eigenvalue weighted by molar-refractivity contribution is 14.1. The van der Waals surface area contributed by atoms with E-state index in [2.05, 4.69) is 36.4 Å². The second-order valence-electron chi connectivity index (χ2n) is 2.34. The fourth-order valence-electron chi connectivity index (χ4n) is 0.990. The summed E-state index contributed by atoms with van der Waals surface area (Å²) in [5, 5.41) is 0. The number of rotatable bonds is 6. The lowest BCUT2D eigenvalue weighted by molar-refractivity contribution is 0.0551. The van der Waals surface area contributed by atoms with E-state index in [0.717, 1.165) is 6.61 Å². The molecule has 0 aromatic rings. The molecule has 0 rings (SSSR count). The van der Waals surface area contributed by atoms with Gasteiger partial charge in [0, 0.05) is 11.0 Å². The second-order valence-corrected chi connectivity index (χ2v) is 3.42. The molecule has 0 spiro atoms. The van der Waals surface area contributed by atoms with Gasteiger partial charge in [-0.25, -0.2) is 0 Å². The summed E-state index contributed by atoms with van der Waals surface area (Å²) < 4.78 is 6.73. The Kier molecular flexibility index (Phi) is 8.33. The van der Waals surface area contributed by atoms with Crippen molar-refractivity contribution in [3.8, 4) is 0 Å². The third-order valence-corrected chi connectivity index (χ3v) is 2.07. The van der Waals surface area contributed by atoms with Crippen LogP contribution in [0.2, 0.25) is 0 Å². The first-order valence-electron chi connectivity index (χ1n) is 4.02. The molecule has 1 unspecified atom stereocenters. The Morgan fingerprint density at radius 2 is 2.00 bits per heavy atom. The van der Waals surface area contributed by atoms with Gasteiger partial charge in [0.15, 0.2) is 0 Å². The largest absolute Gasteiger partial charge is 0.378 e. The second kappa shape index (κ2) is 7.79. The molecule has 2 heteroatoms. The molecule has 0 bridgehead atoms. The molecule has 0 N–H and O–H groups in total. The Labute approximate surface area is 77.7 Å². The molecule has 62 valence electrons. The molecule has 1 nitrogen and oxygen atoms in total. The van der Waals surface area contributed by atoms with Gasteiger partial charge in [-0.2, -0.15) is 0 Å². The van der Waals surface area contributed by atoms with E-state index in [4.69, 9.17) is 4.74 Å². The highest BCUT2D eigenvalue weighted by Crippen LogP contribution is 2.08. The lowest BCUT2D eigenvalue weighted by Crippen LogP contribution is -2.12. The molecule has 0 aromatic heterocycles. The summed E-state index contributed by atoms with van der Waals surface area (Å²) in [7, 11) is 0. The van der Waals surface area contributed by atoms with E-state index in [9.17, 15) is 0 Å². The molecule has 0 radical (unpaired) electrons. The van der Waals surface area contributed by atoms with Gasteiger partial charge in [-0.3, -0.25) is 0 Å². The molecule has 0 saturated heterocycles. The summed E-state index contributed by atoms with van der Waals surface area (Å²) in [6, 6.07) is 0. The average molecular weight is 256 g/mol. The summed E-state index contributed by atoms with van der Waals surface area (Å²) in [6.45, 7) is 5.14. The fraction of sp³-hybridized carbons (Fsp3) is 1.00. The van der Waals surface area contributed by atoms with Gasteiger partial charge in [0.05, 0.1) is 6.10 Å². The minimum absolute atomic E-state index is 0.520. The third kappa shape index (κ3) is 5.47. The number of ether oxygens (including phenoxy) is 1. The maximum atomic E-state index is 5.52. The quantitative estimate of drug-likeness (QED) is 0.524. The van der Waals surface area contributed by atoms with E-state index in [0.29, 0.717) is 6.10 Å². The molecular weight excluding hydrogens is 239 g/mol. The lowest BCUT2D eigenvalue weighted by atomic mass is 10.2. The predicted octanol–water partition coefficient (Wildman–Crippen LogP) is 3.02. The van der Waals surface area contributed by atoms with Gasteiger partial charge in [-0.05, 0) is 19.8 Å². The van der Waals surface area contributed by atoms with Crippen LogP contribution in [-0.2, 0) is 4.74 Å². The molecule has 1 atom stereocenters. The smallest absolute Gasteiger partial charge is 0.0582 e. The topological polar surface area (TPSA) is 9.23 Å². The minimum atomic E-state index is 0.520. The van der Waals surface area contributed by atoms with Crippen molar-refractivity contribution in [2.24, 2.45) is 0 Å². The van der Waals surface area contributed by atoms with Gasteiger partial charge in [0.2, 0.25) is 0 Å². The number of hydrogen-bond donors (Lipinski definition) is 0. The van der Waals surface area contributed by atoms with Crippen LogP contribution in [0.1, 0.15) is 33.1 Å². The maximum Gasteiger partial charge on any atom is 0.0582 e. The maximum absolute atomic E-state index is 5.52. The zero-order chi connectivity index (χ0) is 7.82. The number of hydrogen-bond acceptors (Lipinski definition) is 1. The van der Waals surface area contributed by atoms with Crippen molar-refractivity contribution in [1.82, 2.24) is 0 Å². The van der Waals surface area contributed by atoms with Crippen LogP contribution in [0.3, 0.4) is 0 Å². The third-order valence-electron chi connectivity index (χ3n) is 1.44. The Hall–Kier alpha value is 0.690. The molecule has 0 aliphatic heterocycles. The highest BCUT2D eigenvalue weighted by Gasteiger charge is 2.04. The Morgan fingerprint density at radius 3 is 2.40 bits per heavy atom. The zero-order valence-corrected chi connectivity index (χ0v) is 9.06. The van der Waals surface area contributed by atoms with Gasteiger partial charge >= 0.3 is 0 Å². The van der Waals surface area contributed by atoms with Crippen molar-refractivity contribution in [3.05, 3.63) is 0 Å². The molecule has 0 fully saturated rings. The van der Waals surface area contributed by atoms with Gasteiger partial charge < -0.3 is 4.74 Å². The van der Waals surface area contributed by atoms with Gasteiger partial charge in [0.25, 0.3) is 0 Å². The van der Waals surface area contributed by atoms with Crippen LogP contribution in [0.15, 0.2) is 0 Å². The number of halogens is 1. The summed E-state index contributed by atoms with van der Waals surface area (Å²) in [5.74, 6) is 0. The van der Waals surface area contributed by atoms with Crippen LogP contribution in [0.5, 0.6) is 0 Å². The van der Waals surface area contributed by atoms with Crippen molar-refractivity contribution >= 4 is 22.6 Å². The first-order chi connectivity index (χ1) is 4.85. The van der Waals surface area contributed by atoms with Gasteiger partial charge in [-0.15, -0.1) is 0 Å². The Balaban J connectivity index is 3.30. The van der Waals surface area contributed by atoms with Crippen LogP contribution >= 0.6 is 22.6 Å². The number of alkyl halides is 1. The standard InChI is InChI=1S/C8H17IO/c1-3-5-8(6-7-9)10-4-2/h8H,3-7H2,1-2H3. The van der Waals surface area contributed by atoms with Crippen molar-refractivity contribution in [1.29, 1.82) is 0 Å². The Morgan fingerprint density at radius 1 is 1.30 bits per heavy atom. The normalized spacial score (nSPS) is 13.5. The van der Waals surface area contributed by atoms with Crippen LogP contribution < -0.4 is 0 Å². The van der Waals surface area contributed by atoms with E-state index in [-0.39, 0.29) is 0 Å². The molecule has 0 aliphatic rings. The van der Waals surface area contributed by atoms with E-state index in [1.54, 1.807) is 0 Å². The van der Waals surface area contributed by atoms with E-state index in [1.165, 1.54) is 23.7 Å². The SMILES string of the molecule is CCCC(CCI)OCC. The molecule has 0 heterocycles. The van der Waals surface area contributed by atoms with Crippen LogP contribution in [0.25, 0.3) is 0 Å². The first-order valence-corrected chi connectivity index (χ1v) is 5.55. The average Bonchev–Trinajstić information content (AvgIpc) is 1.90. The lowest BCUT2D eigenvalue weighted by Gasteiger charge is -2.13. The van der Waals surface area contributed by atoms with Crippen LogP contribution in [-0.4, -0.2) is 17.1 Å². The van der Waals surface area contributed by atoms with E-state index < -0.39 is 0 Å². The molecule has 0 aliphatic carbocycles. The van der Waals surface area contributed by atoms with Crippen molar-refractivity contribution < 1.29 is 4.74 Å². The summed E-state index contributed by atoms with van der Waals surface area (Å²) in [4.78, 5) is 0. The van der Waals surface area contributed by atoms with Gasteiger partial charge in [0.1, 0.15) is 0 Å². The monoisotopic (exact) mass is 256 g/mol. The van der Waals surface area contributed by atoms with Gasteiger partial charge in [-0.1, -0.05) is 35.9 Å². The fourth-order valence-corrected chi connectivity index (χ4v) is 1.69. The van der Waals surface area contributed by atoms with E-state index >= 15 is 0 Å². The van der Waals surface area contributed by atoms with Crippen molar-refractivity contribution in [3.63, 3.8) is 0 Å². The minimum Gasteiger partial charge on any atom is -0.378 e. The van der Waals surface area contributed by atoms with Crippen molar-refractivity contribution in [2.45, 2.75) is 39.2 Å². The molecular formula is C8H17IO. The van der Waals surface area contributed by atoms with Crippen LogP contribution in [0, 0.1) is 0 Å². The van der Waals surface area contributed by atoms with Crippen LogP contribution in [0.4, 0.5) is 0 Å².